The maximum atomic E-state index is 2.47. The topological polar surface area (TPSA) is 13.0 Å². The fraction of sp³-hybridized carbons (Fsp3) is 0. The van der Waals surface area contributed by atoms with Gasteiger partial charge in [0.05, 0.1) is 0 Å². The summed E-state index contributed by atoms with van der Waals surface area (Å²) in [5.41, 5.74) is 52.9. The SMILES string of the molecule is c1ccc(-c2ccc3c(c2)B2c4ccccc4-c4cccc(c42)N3c2ccccc2)cc1.c1ccc(-c2ccc3c(c2)N(c2ccccc2)c2cccc4c2B3c2ccccc2-4)cc1.c1ccc(-c2cccc3c2B2c4ccccc4-c4cccc(c42)N3c2ccccc2)cc1.c1ccc(-c2cccc3c2N(c2ccccc2)c2cccc4c2B3c2ccccc2-4)cc1. The molecule has 0 radical (unpaired) electrons. The molecule has 8 heteroatoms. The number of hydrogen-bond acceptors (Lipinski definition) is 4. The maximum Gasteiger partial charge on any atom is 0.249 e. The van der Waals surface area contributed by atoms with Gasteiger partial charge < -0.3 is 19.6 Å². The van der Waals surface area contributed by atoms with Gasteiger partial charge in [0.15, 0.2) is 0 Å². The summed E-state index contributed by atoms with van der Waals surface area (Å²) in [4.78, 5) is 9.80. The van der Waals surface area contributed by atoms with Crippen LogP contribution in [0.4, 0.5) is 68.2 Å². The van der Waals surface area contributed by atoms with Crippen LogP contribution in [-0.4, -0.2) is 26.9 Å². The Hall–Kier alpha value is -16.1. The number of nitrogens with zero attached hydrogens (tertiary/aromatic N) is 4. The predicted molar refractivity (Wildman–Crippen MR) is 547 cm³/mol. The third kappa shape index (κ3) is 12.0. The van der Waals surface area contributed by atoms with Crippen LogP contribution in [-0.2, 0) is 0 Å². The Labute approximate surface area is 749 Å². The third-order valence-electron chi connectivity index (χ3n) is 27.5. The summed E-state index contributed by atoms with van der Waals surface area (Å²) in [5, 5.41) is 0. The van der Waals surface area contributed by atoms with E-state index in [-0.39, 0.29) is 26.9 Å². The minimum Gasteiger partial charge on any atom is -0.312 e. The van der Waals surface area contributed by atoms with E-state index >= 15 is 0 Å². The van der Waals surface area contributed by atoms with Gasteiger partial charge in [0.1, 0.15) is 0 Å². The van der Waals surface area contributed by atoms with E-state index in [0.717, 1.165) is 0 Å². The molecular weight excluding hydrogens is 1540 g/mol. The molecule has 8 aliphatic rings. The minimum atomic E-state index is 0.240. The summed E-state index contributed by atoms with van der Waals surface area (Å²) in [6.07, 6.45) is 0. The molecule has 0 bridgehead atoms. The molecular formula is C120H80B4N4. The van der Waals surface area contributed by atoms with Crippen molar-refractivity contribution in [2.75, 3.05) is 19.6 Å². The first-order valence-electron chi connectivity index (χ1n) is 44.7. The molecule has 0 unspecified atom stereocenters. The first kappa shape index (κ1) is 74.5. The highest BCUT2D eigenvalue weighted by atomic mass is 15.2. The summed E-state index contributed by atoms with van der Waals surface area (Å²) in [7, 11) is 0. The van der Waals surface area contributed by atoms with Crippen LogP contribution in [0.5, 0.6) is 0 Å². The number of rotatable bonds is 8. The van der Waals surface area contributed by atoms with Crippen molar-refractivity contribution in [3.05, 3.63) is 485 Å². The summed E-state index contributed by atoms with van der Waals surface area (Å²) in [6.45, 7) is 1.04. The lowest BCUT2D eigenvalue weighted by molar-refractivity contribution is 1.30. The molecule has 0 saturated heterocycles. The molecule has 0 fully saturated rings. The van der Waals surface area contributed by atoms with Crippen LogP contribution < -0.4 is 85.2 Å². The molecule has 0 aromatic heterocycles. The smallest absolute Gasteiger partial charge is 0.249 e. The van der Waals surface area contributed by atoms with Crippen LogP contribution in [0.25, 0.3) is 89.0 Å². The molecule has 0 N–H and O–H groups in total. The van der Waals surface area contributed by atoms with Crippen molar-refractivity contribution in [1.29, 1.82) is 0 Å². The second-order valence-electron chi connectivity index (χ2n) is 34.2. The monoisotopic (exact) mass is 1620 g/mol. The van der Waals surface area contributed by atoms with Gasteiger partial charge in [-0.3, -0.25) is 0 Å². The summed E-state index contributed by atoms with van der Waals surface area (Å²) >= 11 is 0. The zero-order valence-corrected chi connectivity index (χ0v) is 70.3. The van der Waals surface area contributed by atoms with Crippen molar-refractivity contribution in [2.45, 2.75) is 0 Å². The molecule has 0 atom stereocenters. The van der Waals surface area contributed by atoms with E-state index in [9.17, 15) is 0 Å². The van der Waals surface area contributed by atoms with Gasteiger partial charge in [0.25, 0.3) is 0 Å². The van der Waals surface area contributed by atoms with Crippen molar-refractivity contribution in [3.63, 3.8) is 0 Å². The maximum absolute atomic E-state index is 2.47. The molecule has 8 aliphatic heterocycles. The number of benzene rings is 20. The van der Waals surface area contributed by atoms with Gasteiger partial charge in [0.2, 0.25) is 26.9 Å². The van der Waals surface area contributed by atoms with Crippen LogP contribution >= 0.6 is 0 Å². The first-order valence-corrected chi connectivity index (χ1v) is 44.7. The van der Waals surface area contributed by atoms with Crippen LogP contribution in [0.1, 0.15) is 0 Å². The molecule has 28 rings (SSSR count). The van der Waals surface area contributed by atoms with E-state index in [1.807, 2.05) is 0 Å². The van der Waals surface area contributed by atoms with E-state index in [4.69, 9.17) is 0 Å². The molecule has 0 saturated carbocycles. The average molecular weight is 1620 g/mol. The molecule has 0 spiro atoms. The second kappa shape index (κ2) is 31.0. The Morgan fingerprint density at radius 1 is 0.125 bits per heavy atom. The highest BCUT2D eigenvalue weighted by molar-refractivity contribution is 7.04. The molecule has 20 aromatic rings. The first-order chi connectivity index (χ1) is 63.6. The van der Waals surface area contributed by atoms with Crippen molar-refractivity contribution in [2.24, 2.45) is 0 Å². The van der Waals surface area contributed by atoms with Crippen molar-refractivity contribution in [1.82, 2.24) is 0 Å². The molecule has 8 heterocycles. The lowest BCUT2D eigenvalue weighted by atomic mass is 9.36. The lowest BCUT2D eigenvalue weighted by Crippen LogP contribution is -2.55. The number of fused-ring (bicyclic) bond motifs is 20. The van der Waals surface area contributed by atoms with Crippen LogP contribution in [0, 0.1) is 0 Å². The number of anilines is 12. The van der Waals surface area contributed by atoms with Gasteiger partial charge >= 0.3 is 0 Å². The normalized spacial score (nSPS) is 12.9. The van der Waals surface area contributed by atoms with Crippen LogP contribution in [0.3, 0.4) is 0 Å². The molecule has 0 aliphatic carbocycles. The van der Waals surface area contributed by atoms with E-state index in [2.05, 4.69) is 505 Å². The van der Waals surface area contributed by atoms with Gasteiger partial charge in [-0.15, -0.1) is 0 Å². The van der Waals surface area contributed by atoms with Crippen molar-refractivity contribution >= 4 is 161 Å². The number of para-hydroxylation sites is 5. The summed E-state index contributed by atoms with van der Waals surface area (Å²) in [5.74, 6) is 0. The predicted octanol–water partition coefficient (Wildman–Crippen LogP) is 22.5. The Kier molecular flexibility index (Phi) is 18.0. The molecule has 0 amide bonds. The fourth-order valence-corrected chi connectivity index (χ4v) is 22.3. The van der Waals surface area contributed by atoms with Crippen molar-refractivity contribution in [3.8, 4) is 89.0 Å². The van der Waals surface area contributed by atoms with Crippen LogP contribution in [0.15, 0.2) is 485 Å². The van der Waals surface area contributed by atoms with Crippen molar-refractivity contribution < 1.29 is 0 Å². The van der Waals surface area contributed by atoms with E-state index in [1.54, 1.807) is 0 Å². The van der Waals surface area contributed by atoms with Crippen LogP contribution in [0.2, 0.25) is 0 Å². The van der Waals surface area contributed by atoms with Gasteiger partial charge in [-0.05, 0) is 218 Å². The van der Waals surface area contributed by atoms with Gasteiger partial charge in [-0.2, -0.15) is 0 Å². The van der Waals surface area contributed by atoms with E-state index in [0.29, 0.717) is 0 Å². The third-order valence-corrected chi connectivity index (χ3v) is 27.5. The van der Waals surface area contributed by atoms with E-state index < -0.39 is 0 Å². The Bertz CT molecular complexity index is 7470. The molecule has 128 heavy (non-hydrogen) atoms. The fourth-order valence-electron chi connectivity index (χ4n) is 22.3. The molecule has 592 valence electrons. The zero-order valence-electron chi connectivity index (χ0n) is 70.3. The minimum absolute atomic E-state index is 0.240. The second-order valence-corrected chi connectivity index (χ2v) is 34.2. The Morgan fingerprint density at radius 3 is 0.820 bits per heavy atom. The Balaban J connectivity index is 0.0000000926. The lowest BCUT2D eigenvalue weighted by Gasteiger charge is -2.37. The van der Waals surface area contributed by atoms with Gasteiger partial charge in [-0.25, -0.2) is 0 Å². The standard InChI is InChI=1S/4C30H20BN/c1-3-11-21(12-4-1)23-16-9-19-27-30(23)32(22-13-5-2-6-14-22)28-20-10-17-25-24-15-7-8-18-26(24)31(27)29(25)28;1-3-11-21(12-4-1)23-16-9-19-27-29(23)31-26-18-8-7-15-24(26)25-17-10-20-28(30(25)31)32(27)22-13-5-2-6-14-22;1-3-10-21(11-4-1)22-18-19-28-27(20-22)31-26-16-8-7-14-24(26)25-15-9-17-29(30(25)31)32(28)23-12-5-2-6-13-23;1-3-10-21(11-4-1)22-18-19-27-29(20-22)32(23-12-5-2-6-13-23)28-17-9-15-25-24-14-7-8-16-26(24)31(27)30(25)28/h4*1-20H. The quantitative estimate of drug-likeness (QED) is 0.141. The average Bonchev–Trinajstić information content (AvgIpc) is 1.56. The largest absolute Gasteiger partial charge is 0.312 e. The number of hydrogen-bond donors (Lipinski definition) is 0. The summed E-state index contributed by atoms with van der Waals surface area (Å²) < 4.78 is 0. The molecule has 20 aromatic carbocycles. The van der Waals surface area contributed by atoms with E-state index in [1.165, 1.54) is 223 Å². The summed E-state index contributed by atoms with van der Waals surface area (Å²) in [6, 6.07) is 176. The molecule has 4 nitrogen and oxygen atoms in total. The van der Waals surface area contributed by atoms with Gasteiger partial charge in [0, 0.05) is 73.8 Å². The Morgan fingerprint density at radius 2 is 0.391 bits per heavy atom. The zero-order chi connectivity index (χ0) is 84.3. The highest BCUT2D eigenvalue weighted by Gasteiger charge is 2.48. The highest BCUT2D eigenvalue weighted by Crippen LogP contribution is 2.49. The van der Waals surface area contributed by atoms with Gasteiger partial charge in [-0.1, -0.05) is 416 Å².